The molecule has 0 N–H and O–H groups in total. The molecule has 0 radical (unpaired) electrons. The Morgan fingerprint density at radius 1 is 0.485 bits per heavy atom. The van der Waals surface area contributed by atoms with Gasteiger partial charge in [-0.3, -0.25) is 0 Å². The molecular weight excluding hydrogens is 494 g/mol. The summed E-state index contributed by atoms with van der Waals surface area (Å²) in [4.78, 5) is 1.83. The Hall–Kier alpha value is -2.46. The van der Waals surface area contributed by atoms with Gasteiger partial charge in [-0.25, -0.2) is 0 Å². The van der Waals surface area contributed by atoms with Gasteiger partial charge >= 0.3 is 0 Å². The molecule has 0 unspecified atom stereocenters. The van der Waals surface area contributed by atoms with E-state index in [0.29, 0.717) is 0 Å². The fourth-order valence-corrected chi connectivity index (χ4v) is 3.31. The molecule has 2 aliphatic rings. The fourth-order valence-electron chi connectivity index (χ4n) is 3.04. The zero-order valence-electron chi connectivity index (χ0n) is 19.5. The van der Waals surface area contributed by atoms with Crippen LogP contribution in [-0.4, -0.2) is 0 Å². The molecular formula is C28H26N2S2Zn-4. The van der Waals surface area contributed by atoms with Gasteiger partial charge in [0.2, 0.25) is 0 Å². The summed E-state index contributed by atoms with van der Waals surface area (Å²) >= 11 is 9.74. The van der Waals surface area contributed by atoms with Crippen molar-refractivity contribution < 1.29 is 19.5 Å². The van der Waals surface area contributed by atoms with Crippen LogP contribution in [0, 0.1) is 13.8 Å². The average Bonchev–Trinajstić information content (AvgIpc) is 2.78. The van der Waals surface area contributed by atoms with E-state index in [2.05, 4.69) is 48.8 Å². The number of hydrogen-bond donors (Lipinski definition) is 0. The molecule has 33 heavy (non-hydrogen) atoms. The Kier molecular flexibility index (Phi) is 10.3. The molecule has 2 heterocycles. The molecule has 5 rings (SSSR count). The van der Waals surface area contributed by atoms with Crippen molar-refractivity contribution in [2.75, 3.05) is 0 Å². The van der Waals surface area contributed by atoms with E-state index in [1.54, 1.807) is 0 Å². The molecule has 0 amide bonds. The maximum absolute atomic E-state index is 4.87. The quantitative estimate of drug-likeness (QED) is 0.239. The Balaban J connectivity index is 0.000000193. The summed E-state index contributed by atoms with van der Waals surface area (Å²) in [6, 6.07) is 20.0. The number of nitrogens with zero attached hydrogens (tertiary/aromatic N) is 2. The third kappa shape index (κ3) is 8.12. The van der Waals surface area contributed by atoms with Gasteiger partial charge in [-0.15, -0.1) is 11.4 Å². The predicted molar refractivity (Wildman–Crippen MR) is 142 cm³/mol. The second kappa shape index (κ2) is 12.7. The van der Waals surface area contributed by atoms with Gasteiger partial charge in [-0.2, -0.15) is 21.2 Å². The van der Waals surface area contributed by atoms with E-state index in [0.717, 1.165) is 43.0 Å². The summed E-state index contributed by atoms with van der Waals surface area (Å²) in [5.41, 5.74) is 6.59. The van der Waals surface area contributed by atoms with Crippen LogP contribution in [0.5, 0.6) is 0 Å². The summed E-state index contributed by atoms with van der Waals surface area (Å²) < 4.78 is 0. The van der Waals surface area contributed by atoms with E-state index in [1.165, 1.54) is 11.1 Å². The molecule has 3 aromatic rings. The zero-order valence-corrected chi connectivity index (χ0v) is 24.1. The monoisotopic (exact) mass is 518 g/mol. The van der Waals surface area contributed by atoms with Gasteiger partial charge in [0.15, 0.2) is 0 Å². The maximum atomic E-state index is 4.87. The molecule has 0 spiro atoms. The van der Waals surface area contributed by atoms with Gasteiger partial charge in [0.25, 0.3) is 0 Å². The van der Waals surface area contributed by atoms with Crippen LogP contribution in [-0.2, 0) is 44.7 Å². The fraction of sp³-hybridized carbons (Fsp3) is 0.143. The molecule has 0 atom stereocenters. The molecule has 0 aliphatic carbocycles. The van der Waals surface area contributed by atoms with E-state index < -0.39 is 0 Å². The maximum Gasteiger partial charge on any atom is 0 e. The van der Waals surface area contributed by atoms with Gasteiger partial charge < -0.3 is 35.9 Å². The van der Waals surface area contributed by atoms with Crippen molar-refractivity contribution in [1.82, 2.24) is 0 Å². The first-order valence-electron chi connectivity index (χ1n) is 10.4. The first-order chi connectivity index (χ1) is 15.3. The second-order valence-corrected chi connectivity index (χ2v) is 8.68. The predicted octanol–water partition coefficient (Wildman–Crippen LogP) is 6.89. The average molecular weight is 520 g/mol. The van der Waals surface area contributed by atoms with E-state index in [4.69, 9.17) is 25.3 Å². The van der Waals surface area contributed by atoms with E-state index in [-0.39, 0.29) is 19.5 Å². The topological polar surface area (TPSA) is 28.2 Å². The molecule has 2 nitrogen and oxygen atoms in total. The van der Waals surface area contributed by atoms with Crippen molar-refractivity contribution in [1.29, 1.82) is 0 Å². The smallest absolute Gasteiger partial charge is 0 e. The molecule has 2 aliphatic heterocycles. The van der Waals surface area contributed by atoms with Crippen molar-refractivity contribution in [3.8, 4) is 0 Å². The van der Waals surface area contributed by atoms with Crippen LogP contribution in [0.4, 0.5) is 11.4 Å². The molecule has 0 fully saturated rings. The van der Waals surface area contributed by atoms with Crippen LogP contribution >= 0.6 is 0 Å². The summed E-state index contributed by atoms with van der Waals surface area (Å²) in [7, 11) is 0. The number of aryl methyl sites for hydroxylation is 2. The van der Waals surface area contributed by atoms with Crippen molar-refractivity contribution >= 4 is 48.8 Å². The number of hydrogen-bond acceptors (Lipinski definition) is 2. The Labute approximate surface area is 221 Å². The molecule has 0 bridgehead atoms. The molecule has 0 aromatic heterocycles. The van der Waals surface area contributed by atoms with Crippen molar-refractivity contribution in [3.05, 3.63) is 116 Å². The summed E-state index contributed by atoms with van der Waals surface area (Å²) in [5.74, 6) is 0. The standard InChI is InChI=1S/C14H12N2.2C7H8S.Zn/c1-9-3-5-11-7-8-12-6-4-10(2)16-14(12)13(11)15-9;2*1-6-2-4-7(8)5-3-6;/h3-8H,1-2H3;2*2-5,8H,1H3;/q-2;;;/p-2. The van der Waals surface area contributed by atoms with Crippen LogP contribution in [0.15, 0.2) is 94.0 Å². The van der Waals surface area contributed by atoms with Gasteiger partial charge in [-0.05, 0) is 24.3 Å². The number of rotatable bonds is 0. The normalized spacial score (nSPS) is 12.4. The van der Waals surface area contributed by atoms with Gasteiger partial charge in [0.1, 0.15) is 0 Å². The Bertz CT molecular complexity index is 1120. The Morgan fingerprint density at radius 2 is 0.818 bits per heavy atom. The van der Waals surface area contributed by atoms with Crippen LogP contribution in [0.25, 0.3) is 22.8 Å². The molecule has 0 saturated heterocycles. The number of allylic oxidation sites excluding steroid dienone is 4. The molecule has 3 aromatic carbocycles. The van der Waals surface area contributed by atoms with Gasteiger partial charge in [-0.1, -0.05) is 110 Å². The summed E-state index contributed by atoms with van der Waals surface area (Å²) in [6.07, 6.45) is 8.26. The second-order valence-electron chi connectivity index (χ2n) is 7.74. The van der Waals surface area contributed by atoms with E-state index in [9.17, 15) is 0 Å². The van der Waals surface area contributed by atoms with Crippen LogP contribution in [0.3, 0.4) is 0 Å². The first kappa shape index (κ1) is 26.8. The van der Waals surface area contributed by atoms with Crippen LogP contribution in [0.2, 0.25) is 0 Å². The molecule has 166 valence electrons. The summed E-state index contributed by atoms with van der Waals surface area (Å²) in [6.45, 7) is 8.12. The minimum Gasteiger partial charge on any atom is -0.780 e. The van der Waals surface area contributed by atoms with E-state index in [1.807, 2.05) is 74.5 Å². The third-order valence-corrected chi connectivity index (χ3v) is 5.38. The minimum absolute atomic E-state index is 0. The van der Waals surface area contributed by atoms with Gasteiger partial charge in [0.05, 0.1) is 0 Å². The minimum atomic E-state index is 0. The first-order valence-corrected chi connectivity index (χ1v) is 11.2. The summed E-state index contributed by atoms with van der Waals surface area (Å²) in [5, 5.41) is 11.5. The van der Waals surface area contributed by atoms with Crippen LogP contribution < -0.4 is 10.4 Å². The van der Waals surface area contributed by atoms with Crippen molar-refractivity contribution in [2.45, 2.75) is 37.5 Å². The molecule has 5 heteroatoms. The van der Waals surface area contributed by atoms with Gasteiger partial charge in [0, 0.05) is 19.5 Å². The van der Waals surface area contributed by atoms with Crippen molar-refractivity contribution in [3.63, 3.8) is 0 Å². The van der Waals surface area contributed by atoms with Crippen molar-refractivity contribution in [2.24, 2.45) is 0 Å². The van der Waals surface area contributed by atoms with Crippen LogP contribution in [0.1, 0.15) is 25.0 Å². The molecule has 0 saturated carbocycles. The number of benzene rings is 3. The van der Waals surface area contributed by atoms with E-state index >= 15 is 0 Å². The SMILES string of the molecule is CC1=CC=c2ccc3c(c2[N-]1)[N-]C(C)=CC=3.Cc1ccc([S-])cc1.Cc1ccc([S-])cc1.[Zn]. The Morgan fingerprint density at radius 3 is 1.12 bits per heavy atom. The zero-order chi connectivity index (χ0) is 23.1. The third-order valence-electron chi connectivity index (χ3n) is 4.84. The number of fused-ring (bicyclic) bond motifs is 3. The largest absolute Gasteiger partial charge is 0.780 e.